The Labute approximate surface area is 301 Å². The summed E-state index contributed by atoms with van der Waals surface area (Å²) < 4.78 is 39.8. The van der Waals surface area contributed by atoms with Gasteiger partial charge in [-0.1, -0.05) is 71.5 Å². The predicted molar refractivity (Wildman–Crippen MR) is 200 cm³/mol. The molecule has 3 aliphatic heterocycles. The molecule has 0 atom stereocenters. The highest BCUT2D eigenvalue weighted by molar-refractivity contribution is 8.00. The minimum Gasteiger partial charge on any atom is -0.340 e. The summed E-state index contributed by atoms with van der Waals surface area (Å²) in [6.07, 6.45) is -0.0401. The zero-order valence-corrected chi connectivity index (χ0v) is 30.5. The molecule has 0 bridgehead atoms. The minimum absolute atomic E-state index is 0.588. The average molecular weight is 723 g/mol. The Balaban J connectivity index is 0.000000177. The van der Waals surface area contributed by atoms with Gasteiger partial charge < -0.3 is 19.6 Å². The molecule has 4 aromatic carbocycles. The molecule has 0 unspecified atom stereocenters. The SMILES string of the molecule is CN(C)CC/C=C1/c2ccccc2Sc2ccc(Cl)cc21.CN1CCN(CCCN2c3ccccc3Sc3ccc(C(F)(F)F)cc32)CC1. The molecular formula is C39H42ClF3N4S2. The minimum atomic E-state index is -4.33. The van der Waals surface area contributed by atoms with Gasteiger partial charge in [-0.05, 0) is 112 Å². The molecule has 3 heterocycles. The molecule has 4 nitrogen and oxygen atoms in total. The van der Waals surface area contributed by atoms with Crippen molar-refractivity contribution in [2.24, 2.45) is 0 Å². The molecule has 258 valence electrons. The van der Waals surface area contributed by atoms with Gasteiger partial charge in [0, 0.05) is 63.9 Å². The fourth-order valence-corrected chi connectivity index (χ4v) is 8.64. The number of hydrogen-bond donors (Lipinski definition) is 0. The summed E-state index contributed by atoms with van der Waals surface area (Å²) >= 11 is 9.58. The van der Waals surface area contributed by atoms with Crippen LogP contribution in [-0.4, -0.2) is 81.7 Å². The zero-order chi connectivity index (χ0) is 34.5. The number of piperazine rings is 1. The van der Waals surface area contributed by atoms with E-state index in [-0.39, 0.29) is 0 Å². The average Bonchev–Trinajstić information content (AvgIpc) is 3.08. The summed E-state index contributed by atoms with van der Waals surface area (Å²) in [5.41, 5.74) is 4.95. The van der Waals surface area contributed by atoms with E-state index in [1.807, 2.05) is 42.1 Å². The largest absolute Gasteiger partial charge is 0.416 e. The fourth-order valence-electron chi connectivity index (χ4n) is 6.30. The number of fused-ring (bicyclic) bond motifs is 4. The van der Waals surface area contributed by atoms with Crippen molar-refractivity contribution in [1.82, 2.24) is 14.7 Å². The summed E-state index contributed by atoms with van der Waals surface area (Å²) in [5.74, 6) is 0. The van der Waals surface area contributed by atoms with E-state index in [2.05, 4.69) is 83.2 Å². The molecule has 10 heteroatoms. The van der Waals surface area contributed by atoms with E-state index >= 15 is 0 Å². The Bertz CT molecular complexity index is 1790. The lowest BCUT2D eigenvalue weighted by molar-refractivity contribution is -0.137. The summed E-state index contributed by atoms with van der Waals surface area (Å²) in [4.78, 5) is 13.6. The quantitative estimate of drug-likeness (QED) is 0.165. The van der Waals surface area contributed by atoms with Crippen LogP contribution in [0.5, 0.6) is 0 Å². The Morgan fingerprint density at radius 1 is 0.755 bits per heavy atom. The first-order chi connectivity index (χ1) is 23.6. The number of likely N-dealkylation sites (N-methyl/N-ethyl adjacent to an activating group) is 1. The Morgan fingerprint density at radius 2 is 1.41 bits per heavy atom. The molecule has 4 aromatic rings. The van der Waals surface area contributed by atoms with Crippen molar-refractivity contribution in [2.75, 3.05) is 71.9 Å². The summed E-state index contributed by atoms with van der Waals surface area (Å²) in [7, 11) is 6.34. The van der Waals surface area contributed by atoms with Crippen LogP contribution in [0.25, 0.3) is 5.57 Å². The number of nitrogens with zero attached hydrogens (tertiary/aromatic N) is 4. The first-order valence-corrected chi connectivity index (χ1v) is 18.7. The van der Waals surface area contributed by atoms with Crippen LogP contribution >= 0.6 is 35.1 Å². The third-order valence-electron chi connectivity index (χ3n) is 8.96. The van der Waals surface area contributed by atoms with Crippen LogP contribution < -0.4 is 4.90 Å². The van der Waals surface area contributed by atoms with Gasteiger partial charge >= 0.3 is 6.18 Å². The Hall–Kier alpha value is -2.92. The van der Waals surface area contributed by atoms with Crippen LogP contribution in [0.2, 0.25) is 5.02 Å². The van der Waals surface area contributed by atoms with Gasteiger partial charge in [-0.3, -0.25) is 0 Å². The maximum Gasteiger partial charge on any atom is 0.416 e. The standard InChI is InChI=1S/C21H24F3N3S.C18H18ClNS/c1-25-11-13-26(14-12-25)9-4-10-27-17-5-2-3-6-19(17)28-20-8-7-16(15-18(20)27)21(22,23)24;1-20(2)11-5-7-14-15-6-3-4-8-17(15)21-18-10-9-13(19)12-16(14)18/h2-3,5-8,15H,4,9-14H2,1H3;3-4,6-10,12H,5,11H2,1-2H3/b;14-7-. The van der Waals surface area contributed by atoms with Crippen LogP contribution in [0, 0.1) is 0 Å². The van der Waals surface area contributed by atoms with Gasteiger partial charge in [0.25, 0.3) is 0 Å². The summed E-state index contributed by atoms with van der Waals surface area (Å²) in [6, 6.07) is 26.8. The molecule has 7 rings (SSSR count). The smallest absolute Gasteiger partial charge is 0.340 e. The van der Waals surface area contributed by atoms with E-state index in [0.717, 1.165) is 72.6 Å². The lowest BCUT2D eigenvalue weighted by Gasteiger charge is -2.35. The number of halogens is 4. The highest BCUT2D eigenvalue weighted by Gasteiger charge is 2.33. The second kappa shape index (κ2) is 16.0. The van der Waals surface area contributed by atoms with Crippen LogP contribution in [0.1, 0.15) is 29.5 Å². The van der Waals surface area contributed by atoms with Crippen LogP contribution in [0.3, 0.4) is 0 Å². The number of benzene rings is 4. The molecule has 0 radical (unpaired) electrons. The molecule has 3 aliphatic rings. The van der Waals surface area contributed by atoms with Gasteiger partial charge in [-0.2, -0.15) is 13.2 Å². The number of rotatable bonds is 7. The monoisotopic (exact) mass is 722 g/mol. The van der Waals surface area contributed by atoms with E-state index < -0.39 is 11.7 Å². The van der Waals surface area contributed by atoms with Gasteiger partial charge in [0.15, 0.2) is 0 Å². The second-order valence-corrected chi connectivity index (χ2v) is 15.5. The van der Waals surface area contributed by atoms with Gasteiger partial charge in [0.2, 0.25) is 0 Å². The van der Waals surface area contributed by atoms with Crippen LogP contribution in [-0.2, 0) is 6.18 Å². The molecule has 1 saturated heterocycles. The van der Waals surface area contributed by atoms with E-state index in [1.54, 1.807) is 17.8 Å². The topological polar surface area (TPSA) is 13.0 Å². The first-order valence-electron chi connectivity index (χ1n) is 16.7. The Morgan fingerprint density at radius 3 is 2.16 bits per heavy atom. The maximum atomic E-state index is 13.3. The number of alkyl halides is 3. The van der Waals surface area contributed by atoms with Crippen molar-refractivity contribution in [3.63, 3.8) is 0 Å². The lowest BCUT2D eigenvalue weighted by Crippen LogP contribution is -2.45. The van der Waals surface area contributed by atoms with Crippen molar-refractivity contribution in [3.05, 3.63) is 113 Å². The number of para-hydroxylation sites is 1. The van der Waals surface area contributed by atoms with E-state index in [9.17, 15) is 13.2 Å². The highest BCUT2D eigenvalue weighted by Crippen LogP contribution is 2.50. The molecule has 0 saturated carbocycles. The molecule has 0 spiro atoms. The van der Waals surface area contributed by atoms with E-state index in [1.165, 1.54) is 38.6 Å². The van der Waals surface area contributed by atoms with Gasteiger partial charge in [0.1, 0.15) is 0 Å². The maximum absolute atomic E-state index is 13.3. The molecule has 1 fully saturated rings. The van der Waals surface area contributed by atoms with Gasteiger partial charge in [-0.25, -0.2) is 0 Å². The first kappa shape index (κ1) is 35.9. The summed E-state index contributed by atoms with van der Waals surface area (Å²) in [6.45, 7) is 6.97. The van der Waals surface area contributed by atoms with Crippen molar-refractivity contribution >= 4 is 52.1 Å². The van der Waals surface area contributed by atoms with E-state index in [0.29, 0.717) is 12.2 Å². The summed E-state index contributed by atoms with van der Waals surface area (Å²) in [5, 5.41) is 0.798. The zero-order valence-electron chi connectivity index (χ0n) is 28.1. The molecule has 0 aromatic heterocycles. The van der Waals surface area contributed by atoms with Gasteiger partial charge in [-0.15, -0.1) is 0 Å². The Kier molecular flexibility index (Phi) is 11.7. The third-order valence-corrected chi connectivity index (χ3v) is 11.5. The second-order valence-electron chi connectivity index (χ2n) is 12.8. The van der Waals surface area contributed by atoms with Gasteiger partial charge in [0.05, 0.1) is 16.9 Å². The lowest BCUT2D eigenvalue weighted by atomic mass is 9.96. The number of hydrogen-bond acceptors (Lipinski definition) is 6. The molecule has 49 heavy (non-hydrogen) atoms. The van der Waals surface area contributed by atoms with Crippen LogP contribution in [0.15, 0.2) is 111 Å². The molecule has 0 amide bonds. The van der Waals surface area contributed by atoms with E-state index in [4.69, 9.17) is 11.6 Å². The van der Waals surface area contributed by atoms with Crippen molar-refractivity contribution < 1.29 is 13.2 Å². The van der Waals surface area contributed by atoms with Crippen molar-refractivity contribution in [3.8, 4) is 0 Å². The third kappa shape index (κ3) is 8.88. The molecule has 0 aliphatic carbocycles. The number of anilines is 2. The molecule has 0 N–H and O–H groups in total. The van der Waals surface area contributed by atoms with Crippen molar-refractivity contribution in [1.29, 1.82) is 0 Å². The van der Waals surface area contributed by atoms with Crippen molar-refractivity contribution in [2.45, 2.75) is 38.6 Å². The molecular weight excluding hydrogens is 681 g/mol. The highest BCUT2D eigenvalue weighted by atomic mass is 35.5. The predicted octanol–water partition coefficient (Wildman–Crippen LogP) is 10.1. The normalized spacial score (nSPS) is 16.8. The van der Waals surface area contributed by atoms with Crippen LogP contribution in [0.4, 0.5) is 24.5 Å². The fraction of sp³-hybridized carbons (Fsp3) is 0.333.